The molecule has 0 saturated carbocycles. The summed E-state index contributed by atoms with van der Waals surface area (Å²) in [4.78, 5) is 7.07. The smallest absolute Gasteiger partial charge is 0.139 e. The van der Waals surface area contributed by atoms with Crippen LogP contribution in [0.2, 0.25) is 0 Å². The molecule has 0 unspecified atom stereocenters. The molecule has 0 spiro atoms. The summed E-state index contributed by atoms with van der Waals surface area (Å²) in [5.41, 5.74) is 7.54. The Morgan fingerprint density at radius 2 is 1.76 bits per heavy atom. The van der Waals surface area contributed by atoms with Crippen LogP contribution < -0.4 is 10.6 Å². The van der Waals surface area contributed by atoms with Gasteiger partial charge in [-0.3, -0.25) is 0 Å². The molecule has 1 heterocycles. The molecule has 1 aromatic heterocycles. The zero-order valence-electron chi connectivity index (χ0n) is 13.1. The Balaban J connectivity index is 2.93. The fourth-order valence-corrected chi connectivity index (χ4v) is 2.10. The van der Waals surface area contributed by atoms with E-state index < -0.39 is 0 Å². The fraction of sp³-hybridized carbons (Fsp3) is 0.600. The molecule has 0 bridgehead atoms. The second-order valence-electron chi connectivity index (χ2n) is 4.57. The molecule has 0 aliphatic carbocycles. The van der Waals surface area contributed by atoms with Crippen molar-refractivity contribution in [2.24, 2.45) is 5.73 Å². The molecule has 0 amide bonds. The lowest BCUT2D eigenvalue weighted by atomic mass is 10.2. The Hall–Kier alpha value is -1.24. The molecule has 118 valence electrons. The summed E-state index contributed by atoms with van der Waals surface area (Å²) in [6, 6.07) is 3.84. The maximum atomic E-state index is 5.81. The maximum absolute atomic E-state index is 5.81. The van der Waals surface area contributed by atoms with Gasteiger partial charge in [-0.05, 0) is 32.9 Å². The van der Waals surface area contributed by atoms with Gasteiger partial charge in [-0.2, -0.15) is 0 Å². The normalized spacial score (nSPS) is 10.6. The molecule has 1 aromatic rings. The second-order valence-corrected chi connectivity index (χ2v) is 5.01. The van der Waals surface area contributed by atoms with E-state index in [1.54, 1.807) is 0 Å². The Labute approximate surface area is 132 Å². The van der Waals surface area contributed by atoms with Crippen LogP contribution in [0.3, 0.4) is 0 Å². The molecule has 5 nitrogen and oxygen atoms in total. The van der Waals surface area contributed by atoms with Gasteiger partial charge in [0.05, 0.1) is 18.8 Å². The van der Waals surface area contributed by atoms with E-state index in [1.165, 1.54) is 0 Å². The lowest BCUT2D eigenvalue weighted by molar-refractivity contribution is 0.141. The molecule has 2 N–H and O–H groups in total. The molecule has 0 atom stereocenters. The maximum Gasteiger partial charge on any atom is 0.139 e. The van der Waals surface area contributed by atoms with Crippen molar-refractivity contribution in [3.05, 3.63) is 23.4 Å². The van der Waals surface area contributed by atoms with Gasteiger partial charge in [0.2, 0.25) is 0 Å². The number of pyridine rings is 1. The van der Waals surface area contributed by atoms with Gasteiger partial charge >= 0.3 is 0 Å². The largest absolute Gasteiger partial charge is 0.389 e. The highest BCUT2D eigenvalue weighted by atomic mass is 32.1. The minimum Gasteiger partial charge on any atom is -0.389 e. The summed E-state index contributed by atoms with van der Waals surface area (Å²) in [6.07, 6.45) is 0. The van der Waals surface area contributed by atoms with E-state index in [9.17, 15) is 0 Å². The number of rotatable bonds is 10. The van der Waals surface area contributed by atoms with Crippen LogP contribution in [0.15, 0.2) is 12.1 Å². The highest BCUT2D eigenvalue weighted by Gasteiger charge is 2.15. The highest BCUT2D eigenvalue weighted by Crippen LogP contribution is 2.18. The van der Waals surface area contributed by atoms with Gasteiger partial charge in [-0.15, -0.1) is 0 Å². The molecule has 0 radical (unpaired) electrons. The van der Waals surface area contributed by atoms with Crippen molar-refractivity contribution in [2.75, 3.05) is 44.4 Å². The summed E-state index contributed by atoms with van der Waals surface area (Å²) < 4.78 is 10.9. The molecule has 0 aliphatic rings. The molecular formula is C15H25N3O2S. The number of anilines is 1. The van der Waals surface area contributed by atoms with E-state index >= 15 is 0 Å². The van der Waals surface area contributed by atoms with Crippen LogP contribution in [0.25, 0.3) is 0 Å². The average Bonchev–Trinajstić information content (AvgIpc) is 2.45. The van der Waals surface area contributed by atoms with Gasteiger partial charge in [0, 0.05) is 32.0 Å². The third-order valence-corrected chi connectivity index (χ3v) is 3.22. The van der Waals surface area contributed by atoms with Crippen LogP contribution in [0.5, 0.6) is 0 Å². The van der Waals surface area contributed by atoms with Crippen LogP contribution in [-0.2, 0) is 9.47 Å². The SMILES string of the molecule is CCOCCN(CCOCC)c1nc(C)ccc1C(N)=S. The van der Waals surface area contributed by atoms with Crippen LogP contribution in [0, 0.1) is 6.92 Å². The van der Waals surface area contributed by atoms with E-state index in [0.717, 1.165) is 30.2 Å². The zero-order chi connectivity index (χ0) is 15.7. The van der Waals surface area contributed by atoms with Crippen molar-refractivity contribution in [1.29, 1.82) is 0 Å². The second kappa shape index (κ2) is 9.65. The van der Waals surface area contributed by atoms with Crippen molar-refractivity contribution >= 4 is 23.0 Å². The number of nitrogens with zero attached hydrogens (tertiary/aromatic N) is 2. The first-order chi connectivity index (χ1) is 10.1. The first kappa shape index (κ1) is 17.8. The zero-order valence-corrected chi connectivity index (χ0v) is 13.9. The van der Waals surface area contributed by atoms with Crippen LogP contribution in [0.1, 0.15) is 25.1 Å². The Kier molecular flexibility index (Phi) is 8.19. The summed E-state index contributed by atoms with van der Waals surface area (Å²) in [6.45, 7) is 10.0. The molecule has 1 rings (SSSR count). The average molecular weight is 311 g/mol. The van der Waals surface area contributed by atoms with E-state index in [4.69, 9.17) is 27.4 Å². The van der Waals surface area contributed by atoms with E-state index in [2.05, 4.69) is 9.88 Å². The van der Waals surface area contributed by atoms with E-state index in [-0.39, 0.29) is 0 Å². The van der Waals surface area contributed by atoms with Crippen molar-refractivity contribution in [2.45, 2.75) is 20.8 Å². The number of thiocarbonyl (C=S) groups is 1. The van der Waals surface area contributed by atoms with Crippen molar-refractivity contribution in [3.63, 3.8) is 0 Å². The van der Waals surface area contributed by atoms with Crippen LogP contribution in [0.4, 0.5) is 5.82 Å². The Bertz CT molecular complexity index is 445. The fourth-order valence-electron chi connectivity index (χ4n) is 1.94. The first-order valence-electron chi connectivity index (χ1n) is 7.28. The summed E-state index contributed by atoms with van der Waals surface area (Å²) in [5, 5.41) is 0. The number of aryl methyl sites for hydroxylation is 1. The summed E-state index contributed by atoms with van der Waals surface area (Å²) >= 11 is 5.13. The molecule has 21 heavy (non-hydrogen) atoms. The lowest BCUT2D eigenvalue weighted by Crippen LogP contribution is -2.34. The quantitative estimate of drug-likeness (QED) is 0.526. The molecular weight excluding hydrogens is 286 g/mol. The molecule has 6 heteroatoms. The standard InChI is InChI=1S/C15H25N3O2S/c1-4-19-10-8-18(9-11-20-5-2)15-13(14(16)21)7-6-12(3)17-15/h6-7H,4-5,8-11H2,1-3H3,(H2,16,21). The lowest BCUT2D eigenvalue weighted by Gasteiger charge is -2.26. The topological polar surface area (TPSA) is 60.6 Å². The number of aromatic nitrogens is 1. The Morgan fingerprint density at radius 1 is 1.19 bits per heavy atom. The van der Waals surface area contributed by atoms with Gasteiger partial charge in [0.25, 0.3) is 0 Å². The highest BCUT2D eigenvalue weighted by molar-refractivity contribution is 7.80. The Morgan fingerprint density at radius 3 is 2.24 bits per heavy atom. The molecule has 0 aromatic carbocycles. The number of hydrogen-bond donors (Lipinski definition) is 1. The third-order valence-electron chi connectivity index (χ3n) is 3.00. The molecule has 0 fully saturated rings. The predicted molar refractivity (Wildman–Crippen MR) is 90.1 cm³/mol. The van der Waals surface area contributed by atoms with E-state index in [0.29, 0.717) is 31.4 Å². The minimum absolute atomic E-state index is 0.357. The molecule has 0 aliphatic heterocycles. The van der Waals surface area contributed by atoms with Gasteiger partial charge in [0.15, 0.2) is 0 Å². The van der Waals surface area contributed by atoms with Gasteiger partial charge in [0.1, 0.15) is 10.8 Å². The summed E-state index contributed by atoms with van der Waals surface area (Å²) in [5.74, 6) is 0.807. The van der Waals surface area contributed by atoms with Crippen LogP contribution in [-0.4, -0.2) is 49.5 Å². The van der Waals surface area contributed by atoms with Gasteiger partial charge in [-0.1, -0.05) is 12.2 Å². The van der Waals surface area contributed by atoms with Crippen molar-refractivity contribution in [1.82, 2.24) is 4.98 Å². The third kappa shape index (κ3) is 5.95. The van der Waals surface area contributed by atoms with Crippen LogP contribution >= 0.6 is 12.2 Å². The van der Waals surface area contributed by atoms with Crippen molar-refractivity contribution < 1.29 is 9.47 Å². The first-order valence-corrected chi connectivity index (χ1v) is 7.68. The van der Waals surface area contributed by atoms with Gasteiger partial charge < -0.3 is 20.1 Å². The monoisotopic (exact) mass is 311 g/mol. The summed E-state index contributed by atoms with van der Waals surface area (Å²) in [7, 11) is 0. The molecule has 0 saturated heterocycles. The minimum atomic E-state index is 0.357. The van der Waals surface area contributed by atoms with Crippen molar-refractivity contribution in [3.8, 4) is 0 Å². The number of nitrogens with two attached hydrogens (primary N) is 1. The number of hydrogen-bond acceptors (Lipinski definition) is 5. The predicted octanol–water partition coefficient (Wildman–Crippen LogP) is 1.90. The van der Waals surface area contributed by atoms with E-state index in [1.807, 2.05) is 32.9 Å². The number of ether oxygens (including phenoxy) is 2. The van der Waals surface area contributed by atoms with Gasteiger partial charge in [-0.25, -0.2) is 4.98 Å².